The molecule has 0 radical (unpaired) electrons. The Morgan fingerprint density at radius 3 is 3.00 bits per heavy atom. The normalized spacial score (nSPS) is 21.8. The molecule has 4 heteroatoms. The maximum atomic E-state index is 13.8. The second-order valence-corrected chi connectivity index (χ2v) is 5.46. The Bertz CT molecular complexity index is 411. The van der Waals surface area contributed by atoms with E-state index in [-0.39, 0.29) is 11.9 Å². The zero-order chi connectivity index (χ0) is 12.4. The minimum atomic E-state index is -0.137. The Hall–Kier alpha value is -0.450. The van der Waals surface area contributed by atoms with E-state index in [2.05, 4.69) is 27.8 Å². The van der Waals surface area contributed by atoms with Crippen LogP contribution >= 0.6 is 15.9 Å². The highest BCUT2D eigenvalue weighted by molar-refractivity contribution is 9.10. The predicted octanol–water partition coefficient (Wildman–Crippen LogP) is 3.12. The van der Waals surface area contributed by atoms with Gasteiger partial charge in [-0.1, -0.05) is 22.0 Å². The van der Waals surface area contributed by atoms with Crippen LogP contribution in [0.4, 0.5) is 4.39 Å². The minimum Gasteiger partial charge on any atom is -0.376 e. The molecule has 1 aromatic carbocycles. The average molecular weight is 302 g/mol. The van der Waals surface area contributed by atoms with E-state index in [9.17, 15) is 4.39 Å². The van der Waals surface area contributed by atoms with Crippen LogP contribution in [0.25, 0.3) is 0 Å². The largest absolute Gasteiger partial charge is 0.376 e. The molecule has 1 aromatic rings. The van der Waals surface area contributed by atoms with Gasteiger partial charge in [0.2, 0.25) is 0 Å². The fraction of sp³-hybridized carbons (Fsp3) is 0.538. The first-order valence-electron chi connectivity index (χ1n) is 5.84. The molecule has 1 unspecified atom stereocenters. The lowest BCUT2D eigenvalue weighted by Crippen LogP contribution is -2.40. The van der Waals surface area contributed by atoms with Crippen molar-refractivity contribution in [1.82, 2.24) is 4.90 Å². The van der Waals surface area contributed by atoms with Crippen LogP contribution in [0.5, 0.6) is 0 Å². The summed E-state index contributed by atoms with van der Waals surface area (Å²) in [5.74, 6) is -0.137. The van der Waals surface area contributed by atoms with Crippen molar-refractivity contribution in [2.45, 2.75) is 26.5 Å². The molecule has 1 heterocycles. The molecule has 0 N–H and O–H groups in total. The summed E-state index contributed by atoms with van der Waals surface area (Å²) in [6, 6.07) is 3.47. The van der Waals surface area contributed by atoms with Gasteiger partial charge in [0.1, 0.15) is 5.82 Å². The number of halogens is 2. The molecule has 2 rings (SSSR count). The van der Waals surface area contributed by atoms with Crippen LogP contribution in [0.2, 0.25) is 0 Å². The Morgan fingerprint density at radius 1 is 1.53 bits per heavy atom. The molecule has 0 bridgehead atoms. The topological polar surface area (TPSA) is 12.5 Å². The number of morpholine rings is 1. The highest BCUT2D eigenvalue weighted by Gasteiger charge is 2.18. The van der Waals surface area contributed by atoms with E-state index in [0.29, 0.717) is 6.54 Å². The van der Waals surface area contributed by atoms with Crippen LogP contribution in [0.3, 0.4) is 0 Å². The molecule has 17 heavy (non-hydrogen) atoms. The maximum Gasteiger partial charge on any atom is 0.128 e. The third kappa shape index (κ3) is 3.27. The Morgan fingerprint density at radius 2 is 2.29 bits per heavy atom. The molecule has 0 spiro atoms. The van der Waals surface area contributed by atoms with Crippen LogP contribution in [0.15, 0.2) is 16.6 Å². The molecule has 1 aliphatic rings. The average Bonchev–Trinajstić information content (AvgIpc) is 2.26. The van der Waals surface area contributed by atoms with Crippen molar-refractivity contribution >= 4 is 15.9 Å². The molecule has 94 valence electrons. The van der Waals surface area contributed by atoms with Crippen molar-refractivity contribution in [3.8, 4) is 0 Å². The van der Waals surface area contributed by atoms with Crippen molar-refractivity contribution in [2.24, 2.45) is 0 Å². The van der Waals surface area contributed by atoms with E-state index < -0.39 is 0 Å². The third-order valence-electron chi connectivity index (χ3n) is 3.05. The van der Waals surface area contributed by atoms with Crippen molar-refractivity contribution in [3.63, 3.8) is 0 Å². The number of hydrogen-bond donors (Lipinski definition) is 0. The van der Waals surface area contributed by atoms with Gasteiger partial charge in [0.15, 0.2) is 0 Å². The number of benzene rings is 1. The van der Waals surface area contributed by atoms with Crippen LogP contribution < -0.4 is 0 Å². The Kier molecular flexibility index (Phi) is 4.17. The predicted molar refractivity (Wildman–Crippen MR) is 69.5 cm³/mol. The minimum absolute atomic E-state index is 0.137. The summed E-state index contributed by atoms with van der Waals surface area (Å²) < 4.78 is 20.1. The maximum absolute atomic E-state index is 13.8. The fourth-order valence-electron chi connectivity index (χ4n) is 2.11. The zero-order valence-electron chi connectivity index (χ0n) is 10.2. The SMILES string of the molecule is Cc1cc(CN2CCOC(C)C2)c(F)cc1Br. The molecule has 1 fully saturated rings. The molecule has 1 atom stereocenters. The molecule has 1 aliphatic heterocycles. The van der Waals surface area contributed by atoms with E-state index in [1.54, 1.807) is 6.07 Å². The summed E-state index contributed by atoms with van der Waals surface area (Å²) in [6.45, 7) is 7.17. The van der Waals surface area contributed by atoms with E-state index in [1.165, 1.54) is 0 Å². The molecule has 0 aliphatic carbocycles. The van der Waals surface area contributed by atoms with Gasteiger partial charge in [-0.15, -0.1) is 0 Å². The number of ether oxygens (including phenoxy) is 1. The van der Waals surface area contributed by atoms with Crippen molar-refractivity contribution in [2.75, 3.05) is 19.7 Å². The lowest BCUT2D eigenvalue weighted by Gasteiger charge is -2.31. The van der Waals surface area contributed by atoms with Crippen LogP contribution in [-0.2, 0) is 11.3 Å². The Balaban J connectivity index is 2.10. The summed E-state index contributed by atoms with van der Waals surface area (Å²) in [7, 11) is 0. The van der Waals surface area contributed by atoms with Crippen molar-refractivity contribution < 1.29 is 9.13 Å². The lowest BCUT2D eigenvalue weighted by atomic mass is 10.1. The molecule has 2 nitrogen and oxygen atoms in total. The van der Waals surface area contributed by atoms with Crippen molar-refractivity contribution in [1.29, 1.82) is 0 Å². The summed E-state index contributed by atoms with van der Waals surface area (Å²) >= 11 is 3.34. The first-order chi connectivity index (χ1) is 8.06. The van der Waals surface area contributed by atoms with Crippen LogP contribution in [0.1, 0.15) is 18.1 Å². The highest BCUT2D eigenvalue weighted by Crippen LogP contribution is 2.22. The van der Waals surface area contributed by atoms with Gasteiger partial charge in [-0.25, -0.2) is 4.39 Å². The Labute approximate surface area is 110 Å². The molecule has 0 aromatic heterocycles. The monoisotopic (exact) mass is 301 g/mol. The summed E-state index contributed by atoms with van der Waals surface area (Å²) in [6.07, 6.45) is 0.239. The van der Waals surface area contributed by atoms with E-state index in [1.807, 2.05) is 13.0 Å². The third-order valence-corrected chi connectivity index (χ3v) is 3.90. The highest BCUT2D eigenvalue weighted by atomic mass is 79.9. The molecule has 0 amide bonds. The lowest BCUT2D eigenvalue weighted by molar-refractivity contribution is -0.0215. The van der Waals surface area contributed by atoms with Gasteiger partial charge in [0.25, 0.3) is 0 Å². The molecule has 1 saturated heterocycles. The van der Waals surface area contributed by atoms with Gasteiger partial charge in [-0.2, -0.15) is 0 Å². The van der Waals surface area contributed by atoms with E-state index in [0.717, 1.165) is 35.3 Å². The smallest absolute Gasteiger partial charge is 0.128 e. The molecular weight excluding hydrogens is 285 g/mol. The first-order valence-corrected chi connectivity index (χ1v) is 6.64. The van der Waals surface area contributed by atoms with Crippen LogP contribution in [0, 0.1) is 12.7 Å². The second kappa shape index (κ2) is 5.46. The first kappa shape index (κ1) is 13.0. The summed E-state index contributed by atoms with van der Waals surface area (Å²) in [5.41, 5.74) is 1.84. The molecular formula is C13H17BrFNO. The van der Waals surface area contributed by atoms with Gasteiger partial charge in [0.05, 0.1) is 12.7 Å². The van der Waals surface area contributed by atoms with E-state index >= 15 is 0 Å². The summed E-state index contributed by atoms with van der Waals surface area (Å²) in [4.78, 5) is 2.24. The number of aryl methyl sites for hydroxylation is 1. The van der Waals surface area contributed by atoms with Gasteiger partial charge in [-0.05, 0) is 25.5 Å². The molecule has 0 saturated carbocycles. The van der Waals surface area contributed by atoms with E-state index in [4.69, 9.17) is 4.74 Å². The number of hydrogen-bond acceptors (Lipinski definition) is 2. The van der Waals surface area contributed by atoms with Gasteiger partial charge >= 0.3 is 0 Å². The standard InChI is InChI=1S/C13H17BrFNO/c1-9-5-11(13(15)6-12(9)14)8-16-3-4-17-10(2)7-16/h5-6,10H,3-4,7-8H2,1-2H3. The number of rotatable bonds is 2. The second-order valence-electron chi connectivity index (χ2n) is 4.61. The van der Waals surface area contributed by atoms with Gasteiger partial charge < -0.3 is 4.74 Å². The quantitative estimate of drug-likeness (QED) is 0.832. The summed E-state index contributed by atoms with van der Waals surface area (Å²) in [5, 5.41) is 0. The number of nitrogens with zero attached hydrogens (tertiary/aromatic N) is 1. The van der Waals surface area contributed by atoms with Gasteiger partial charge in [0, 0.05) is 29.7 Å². The zero-order valence-corrected chi connectivity index (χ0v) is 11.8. The van der Waals surface area contributed by atoms with Crippen molar-refractivity contribution in [3.05, 3.63) is 33.5 Å². The van der Waals surface area contributed by atoms with Crippen LogP contribution in [-0.4, -0.2) is 30.7 Å². The van der Waals surface area contributed by atoms with Gasteiger partial charge in [-0.3, -0.25) is 4.90 Å². The fourth-order valence-corrected chi connectivity index (χ4v) is 2.43.